The number of carbonyl (C=O) groups excluding carboxylic acids is 1. The summed E-state index contributed by atoms with van der Waals surface area (Å²) in [7, 11) is 0. The second-order valence-electron chi connectivity index (χ2n) is 6.67. The first kappa shape index (κ1) is 18.2. The van der Waals surface area contributed by atoms with Gasteiger partial charge in [0.15, 0.2) is 0 Å². The Morgan fingerprint density at radius 3 is 2.62 bits per heavy atom. The van der Waals surface area contributed by atoms with Crippen LogP contribution in [0.4, 0.5) is 5.69 Å². The SMILES string of the molecule is Cc1ccc(/C=C/C(=O)NC(C)c2cccc(N3CCOCC3)c2)cc1. The number of rotatable bonds is 5. The van der Waals surface area contributed by atoms with E-state index >= 15 is 0 Å². The van der Waals surface area contributed by atoms with E-state index in [0.717, 1.165) is 37.4 Å². The number of amides is 1. The van der Waals surface area contributed by atoms with Gasteiger partial charge < -0.3 is 15.0 Å². The molecule has 26 heavy (non-hydrogen) atoms. The van der Waals surface area contributed by atoms with E-state index in [1.54, 1.807) is 6.08 Å². The maximum absolute atomic E-state index is 12.2. The summed E-state index contributed by atoms with van der Waals surface area (Å²) in [6.07, 6.45) is 3.43. The zero-order valence-electron chi connectivity index (χ0n) is 15.4. The van der Waals surface area contributed by atoms with Crippen molar-refractivity contribution in [2.45, 2.75) is 19.9 Å². The van der Waals surface area contributed by atoms with Gasteiger partial charge in [-0.1, -0.05) is 42.0 Å². The number of ether oxygens (including phenoxy) is 1. The van der Waals surface area contributed by atoms with E-state index in [0.29, 0.717) is 0 Å². The average Bonchev–Trinajstić information content (AvgIpc) is 2.68. The van der Waals surface area contributed by atoms with Crippen LogP contribution in [0.2, 0.25) is 0 Å². The predicted molar refractivity (Wildman–Crippen MR) is 106 cm³/mol. The van der Waals surface area contributed by atoms with Gasteiger partial charge in [-0.3, -0.25) is 4.79 Å². The molecule has 0 aliphatic carbocycles. The van der Waals surface area contributed by atoms with Crippen LogP contribution < -0.4 is 10.2 Å². The molecule has 1 saturated heterocycles. The molecule has 0 bridgehead atoms. The topological polar surface area (TPSA) is 41.6 Å². The van der Waals surface area contributed by atoms with E-state index in [4.69, 9.17) is 4.74 Å². The molecule has 4 heteroatoms. The number of nitrogens with one attached hydrogen (secondary N) is 1. The fourth-order valence-electron chi connectivity index (χ4n) is 3.01. The molecule has 0 spiro atoms. The van der Waals surface area contributed by atoms with E-state index in [1.807, 2.05) is 50.3 Å². The molecule has 4 nitrogen and oxygen atoms in total. The summed E-state index contributed by atoms with van der Waals surface area (Å²) in [5.74, 6) is -0.0881. The predicted octanol–water partition coefficient (Wildman–Crippen LogP) is 3.72. The molecular formula is C22H26N2O2. The summed E-state index contributed by atoms with van der Waals surface area (Å²) in [6, 6.07) is 16.4. The Morgan fingerprint density at radius 1 is 1.15 bits per heavy atom. The molecule has 0 saturated carbocycles. The number of morpholine rings is 1. The summed E-state index contributed by atoms with van der Waals surface area (Å²) in [5, 5.41) is 3.04. The molecular weight excluding hydrogens is 324 g/mol. The van der Waals surface area contributed by atoms with Gasteiger partial charge in [0.2, 0.25) is 5.91 Å². The molecule has 136 valence electrons. The number of hydrogen-bond acceptors (Lipinski definition) is 3. The molecule has 3 rings (SSSR count). The first-order valence-electron chi connectivity index (χ1n) is 9.10. The smallest absolute Gasteiger partial charge is 0.244 e. The molecule has 1 heterocycles. The van der Waals surface area contributed by atoms with Crippen molar-refractivity contribution < 1.29 is 9.53 Å². The summed E-state index contributed by atoms with van der Waals surface area (Å²) in [6.45, 7) is 7.40. The van der Waals surface area contributed by atoms with Gasteiger partial charge in [0.1, 0.15) is 0 Å². The highest BCUT2D eigenvalue weighted by atomic mass is 16.5. The number of aryl methyl sites for hydroxylation is 1. The van der Waals surface area contributed by atoms with Gasteiger partial charge in [0.05, 0.1) is 19.3 Å². The van der Waals surface area contributed by atoms with Crippen LogP contribution in [0.15, 0.2) is 54.6 Å². The Kier molecular flexibility index (Phi) is 6.08. The van der Waals surface area contributed by atoms with Gasteiger partial charge in [0, 0.05) is 24.9 Å². The largest absolute Gasteiger partial charge is 0.378 e. The fourth-order valence-corrected chi connectivity index (χ4v) is 3.01. The number of hydrogen-bond donors (Lipinski definition) is 1. The van der Waals surface area contributed by atoms with Gasteiger partial charge in [0.25, 0.3) is 0 Å². The summed E-state index contributed by atoms with van der Waals surface area (Å²) in [5.41, 5.74) is 4.52. The van der Waals surface area contributed by atoms with Crippen LogP contribution in [0, 0.1) is 6.92 Å². The Bertz CT molecular complexity index is 762. The molecule has 1 atom stereocenters. The van der Waals surface area contributed by atoms with Crippen molar-refractivity contribution >= 4 is 17.7 Å². The summed E-state index contributed by atoms with van der Waals surface area (Å²) < 4.78 is 5.42. The van der Waals surface area contributed by atoms with E-state index < -0.39 is 0 Å². The van der Waals surface area contributed by atoms with Crippen LogP contribution in [0.5, 0.6) is 0 Å². The maximum Gasteiger partial charge on any atom is 0.244 e. The molecule has 1 N–H and O–H groups in total. The van der Waals surface area contributed by atoms with Crippen LogP contribution in [0.3, 0.4) is 0 Å². The van der Waals surface area contributed by atoms with Crippen molar-refractivity contribution in [2.24, 2.45) is 0 Å². The van der Waals surface area contributed by atoms with Crippen molar-refractivity contribution in [2.75, 3.05) is 31.2 Å². The number of nitrogens with zero attached hydrogens (tertiary/aromatic N) is 1. The van der Waals surface area contributed by atoms with Crippen molar-refractivity contribution in [3.05, 3.63) is 71.3 Å². The Hall–Kier alpha value is -2.59. The highest BCUT2D eigenvalue weighted by Gasteiger charge is 2.13. The van der Waals surface area contributed by atoms with Gasteiger partial charge in [-0.25, -0.2) is 0 Å². The molecule has 0 radical (unpaired) electrons. The highest BCUT2D eigenvalue weighted by molar-refractivity contribution is 5.92. The molecule has 1 fully saturated rings. The second kappa shape index (κ2) is 8.68. The van der Waals surface area contributed by atoms with Crippen LogP contribution in [0.25, 0.3) is 6.08 Å². The average molecular weight is 350 g/mol. The van der Waals surface area contributed by atoms with Gasteiger partial charge in [-0.2, -0.15) is 0 Å². The minimum absolute atomic E-state index is 0.0499. The van der Waals surface area contributed by atoms with Crippen molar-refractivity contribution in [1.82, 2.24) is 5.32 Å². The van der Waals surface area contributed by atoms with Crippen molar-refractivity contribution in [3.8, 4) is 0 Å². The monoisotopic (exact) mass is 350 g/mol. The lowest BCUT2D eigenvalue weighted by molar-refractivity contribution is -0.117. The van der Waals surface area contributed by atoms with Gasteiger partial charge in [-0.05, 0) is 43.2 Å². The fraction of sp³-hybridized carbons (Fsp3) is 0.318. The number of carbonyl (C=O) groups is 1. The summed E-state index contributed by atoms with van der Waals surface area (Å²) >= 11 is 0. The Balaban J connectivity index is 1.61. The highest BCUT2D eigenvalue weighted by Crippen LogP contribution is 2.21. The van der Waals surface area contributed by atoms with Crippen LogP contribution in [0.1, 0.15) is 29.7 Å². The number of benzene rings is 2. The van der Waals surface area contributed by atoms with Gasteiger partial charge >= 0.3 is 0 Å². The molecule has 2 aromatic rings. The van der Waals surface area contributed by atoms with E-state index in [1.165, 1.54) is 11.3 Å². The Morgan fingerprint density at radius 2 is 1.88 bits per heavy atom. The van der Waals surface area contributed by atoms with Gasteiger partial charge in [-0.15, -0.1) is 0 Å². The molecule has 1 aliphatic rings. The van der Waals surface area contributed by atoms with E-state index in [-0.39, 0.29) is 11.9 Å². The normalized spacial score (nSPS) is 15.8. The lowest BCUT2D eigenvalue weighted by atomic mass is 10.1. The Labute approximate surface area is 155 Å². The number of anilines is 1. The zero-order valence-corrected chi connectivity index (χ0v) is 15.4. The van der Waals surface area contributed by atoms with E-state index in [9.17, 15) is 4.79 Å². The lowest BCUT2D eigenvalue weighted by Gasteiger charge is -2.29. The third kappa shape index (κ3) is 4.96. The summed E-state index contributed by atoms with van der Waals surface area (Å²) in [4.78, 5) is 14.5. The third-order valence-electron chi connectivity index (χ3n) is 4.61. The van der Waals surface area contributed by atoms with Crippen LogP contribution in [-0.2, 0) is 9.53 Å². The zero-order chi connectivity index (χ0) is 18.4. The minimum atomic E-state index is -0.0881. The molecule has 2 aromatic carbocycles. The molecule has 1 amide bonds. The molecule has 0 aromatic heterocycles. The molecule has 1 aliphatic heterocycles. The second-order valence-corrected chi connectivity index (χ2v) is 6.67. The van der Waals surface area contributed by atoms with Crippen molar-refractivity contribution in [3.63, 3.8) is 0 Å². The van der Waals surface area contributed by atoms with Crippen LogP contribution in [-0.4, -0.2) is 32.2 Å². The first-order valence-corrected chi connectivity index (χ1v) is 9.10. The first-order chi connectivity index (χ1) is 12.6. The lowest BCUT2D eigenvalue weighted by Crippen LogP contribution is -2.36. The maximum atomic E-state index is 12.2. The standard InChI is InChI=1S/C22H26N2O2/c1-17-6-8-19(9-7-17)10-11-22(25)23-18(2)20-4-3-5-21(16-20)24-12-14-26-15-13-24/h3-11,16,18H,12-15H2,1-2H3,(H,23,25)/b11-10+. The van der Waals surface area contributed by atoms with Crippen molar-refractivity contribution in [1.29, 1.82) is 0 Å². The van der Waals surface area contributed by atoms with Crippen LogP contribution >= 0.6 is 0 Å². The molecule has 1 unspecified atom stereocenters. The quantitative estimate of drug-likeness (QED) is 0.836. The minimum Gasteiger partial charge on any atom is -0.378 e. The van der Waals surface area contributed by atoms with E-state index in [2.05, 4.69) is 28.4 Å². The third-order valence-corrected chi connectivity index (χ3v) is 4.61.